The topological polar surface area (TPSA) is 60.9 Å². The summed E-state index contributed by atoms with van der Waals surface area (Å²) in [5, 5.41) is 5.63. The fourth-order valence-corrected chi connectivity index (χ4v) is 5.60. The van der Waals surface area contributed by atoms with Crippen molar-refractivity contribution in [1.29, 1.82) is 0 Å². The van der Waals surface area contributed by atoms with Gasteiger partial charge < -0.3 is 14.5 Å². The third kappa shape index (κ3) is 6.71. The Hall–Kier alpha value is -2.16. The minimum absolute atomic E-state index is 0.0550. The maximum atomic E-state index is 12.8. The van der Waals surface area contributed by atoms with Gasteiger partial charge in [-0.1, -0.05) is 25.8 Å². The molecule has 2 aromatic rings. The van der Waals surface area contributed by atoms with Crippen molar-refractivity contribution in [2.24, 2.45) is 0 Å². The zero-order valence-electron chi connectivity index (χ0n) is 20.7. The summed E-state index contributed by atoms with van der Waals surface area (Å²) in [4.78, 5) is 24.5. The Morgan fingerprint density at radius 1 is 1.06 bits per heavy atom. The zero-order chi connectivity index (χ0) is 23.8. The van der Waals surface area contributed by atoms with Crippen LogP contribution < -0.4 is 10.1 Å². The molecule has 2 fully saturated rings. The minimum atomic E-state index is -0.0550. The predicted octanol–water partition coefficient (Wildman–Crippen LogP) is 4.80. The number of piperazine rings is 1. The number of aromatic nitrogens is 1. The van der Waals surface area contributed by atoms with Gasteiger partial charge in [-0.2, -0.15) is 0 Å². The summed E-state index contributed by atoms with van der Waals surface area (Å²) in [6.07, 6.45) is 7.44. The molecule has 0 atom stereocenters. The van der Waals surface area contributed by atoms with Gasteiger partial charge in [-0.05, 0) is 69.6 Å². The van der Waals surface area contributed by atoms with Crippen molar-refractivity contribution in [3.8, 4) is 17.0 Å². The Morgan fingerprint density at radius 3 is 2.50 bits per heavy atom. The molecule has 1 aromatic carbocycles. The van der Waals surface area contributed by atoms with E-state index in [-0.39, 0.29) is 6.03 Å². The number of rotatable bonds is 9. The number of anilines is 1. The lowest BCUT2D eigenvalue weighted by Crippen LogP contribution is -2.50. The van der Waals surface area contributed by atoms with Crippen molar-refractivity contribution in [3.05, 3.63) is 29.1 Å². The summed E-state index contributed by atoms with van der Waals surface area (Å²) in [6, 6.07) is 6.20. The molecule has 0 aliphatic carbocycles. The quantitative estimate of drug-likeness (QED) is 0.553. The number of nitrogens with one attached hydrogen (secondary N) is 1. The third-order valence-corrected chi connectivity index (χ3v) is 7.61. The standard InChI is InChI=1S/C26H39N5O2S/c1-3-8-21-9-10-24(33-2)22(19-21)23-20-34-25(27-23)28-26(32)31-17-15-30(16-18-31)14-7-13-29-11-5-4-6-12-29/h9-10,19-20H,3-8,11-18H2,1-2H3,(H,27,28,32). The molecule has 2 saturated heterocycles. The van der Waals surface area contributed by atoms with Crippen LogP contribution in [-0.4, -0.2) is 85.2 Å². The van der Waals surface area contributed by atoms with Gasteiger partial charge in [0.15, 0.2) is 5.13 Å². The summed E-state index contributed by atoms with van der Waals surface area (Å²) in [6.45, 7) is 10.5. The first-order valence-corrected chi connectivity index (χ1v) is 13.7. The Kier molecular flexibility index (Phi) is 9.18. The number of nitrogens with zero attached hydrogens (tertiary/aromatic N) is 4. The molecule has 0 bridgehead atoms. The van der Waals surface area contributed by atoms with E-state index in [9.17, 15) is 4.79 Å². The first-order valence-electron chi connectivity index (χ1n) is 12.8. The maximum absolute atomic E-state index is 12.8. The number of amides is 2. The van der Waals surface area contributed by atoms with Crippen molar-refractivity contribution >= 4 is 22.5 Å². The summed E-state index contributed by atoms with van der Waals surface area (Å²) in [5.41, 5.74) is 3.09. The van der Waals surface area contributed by atoms with E-state index in [1.54, 1.807) is 7.11 Å². The number of urea groups is 1. The van der Waals surface area contributed by atoms with Crippen LogP contribution in [0.1, 0.15) is 44.6 Å². The van der Waals surface area contributed by atoms with Gasteiger partial charge in [-0.15, -0.1) is 11.3 Å². The monoisotopic (exact) mass is 485 g/mol. The van der Waals surface area contributed by atoms with Gasteiger partial charge in [0.1, 0.15) is 5.75 Å². The third-order valence-electron chi connectivity index (χ3n) is 6.85. The molecular formula is C26H39N5O2S. The molecule has 8 heteroatoms. The fourth-order valence-electron chi connectivity index (χ4n) is 4.90. The largest absolute Gasteiger partial charge is 0.496 e. The molecular weight excluding hydrogens is 446 g/mol. The van der Waals surface area contributed by atoms with Crippen LogP contribution in [-0.2, 0) is 6.42 Å². The zero-order valence-corrected chi connectivity index (χ0v) is 21.5. The van der Waals surface area contributed by atoms with Crippen LogP contribution in [0.25, 0.3) is 11.3 Å². The number of hydrogen-bond donors (Lipinski definition) is 1. The van der Waals surface area contributed by atoms with Crippen molar-refractivity contribution in [2.45, 2.75) is 45.4 Å². The summed E-state index contributed by atoms with van der Waals surface area (Å²) in [5.74, 6) is 0.805. The van der Waals surface area contributed by atoms with Gasteiger partial charge in [0, 0.05) is 37.1 Å². The van der Waals surface area contributed by atoms with E-state index in [1.165, 1.54) is 62.2 Å². The molecule has 2 amide bonds. The first kappa shape index (κ1) is 24.9. The lowest BCUT2D eigenvalue weighted by atomic mass is 10.0. The number of carbonyl (C=O) groups is 1. The Balaban J connectivity index is 1.25. The molecule has 2 aliphatic heterocycles. The van der Waals surface area contributed by atoms with E-state index in [1.807, 2.05) is 16.3 Å². The van der Waals surface area contributed by atoms with Crippen molar-refractivity contribution < 1.29 is 9.53 Å². The van der Waals surface area contributed by atoms with E-state index in [0.717, 1.165) is 62.6 Å². The van der Waals surface area contributed by atoms with Crippen molar-refractivity contribution in [2.75, 3.05) is 64.8 Å². The normalized spacial score (nSPS) is 17.6. The highest BCUT2D eigenvalue weighted by molar-refractivity contribution is 7.14. The molecule has 0 spiro atoms. The van der Waals surface area contributed by atoms with E-state index >= 15 is 0 Å². The molecule has 2 aliphatic rings. The molecule has 0 saturated carbocycles. The second kappa shape index (κ2) is 12.5. The first-order chi connectivity index (χ1) is 16.7. The van der Waals surface area contributed by atoms with Crippen LogP contribution >= 0.6 is 11.3 Å². The summed E-state index contributed by atoms with van der Waals surface area (Å²) >= 11 is 1.46. The smallest absolute Gasteiger partial charge is 0.323 e. The second-order valence-electron chi connectivity index (χ2n) is 9.34. The molecule has 0 unspecified atom stereocenters. The molecule has 186 valence electrons. The number of carbonyl (C=O) groups excluding carboxylic acids is 1. The van der Waals surface area contributed by atoms with Crippen LogP contribution in [0.2, 0.25) is 0 Å². The molecule has 7 nitrogen and oxygen atoms in total. The van der Waals surface area contributed by atoms with E-state index in [4.69, 9.17) is 4.74 Å². The Bertz CT molecular complexity index is 920. The molecule has 0 radical (unpaired) electrons. The number of hydrogen-bond acceptors (Lipinski definition) is 6. The molecule has 1 N–H and O–H groups in total. The van der Waals surface area contributed by atoms with E-state index in [0.29, 0.717) is 5.13 Å². The average molecular weight is 486 g/mol. The van der Waals surface area contributed by atoms with Crippen molar-refractivity contribution in [1.82, 2.24) is 19.7 Å². The Labute approximate surface area is 208 Å². The number of methoxy groups -OCH3 is 1. The van der Waals surface area contributed by atoms with Gasteiger partial charge in [-0.25, -0.2) is 9.78 Å². The number of benzene rings is 1. The van der Waals surface area contributed by atoms with Crippen LogP contribution in [0.3, 0.4) is 0 Å². The van der Waals surface area contributed by atoms with Gasteiger partial charge in [0.2, 0.25) is 0 Å². The molecule has 1 aromatic heterocycles. The number of aryl methyl sites for hydroxylation is 1. The molecule has 4 rings (SSSR count). The number of ether oxygens (including phenoxy) is 1. The van der Waals surface area contributed by atoms with Crippen LogP contribution in [0.4, 0.5) is 9.93 Å². The van der Waals surface area contributed by atoms with Crippen molar-refractivity contribution in [3.63, 3.8) is 0 Å². The second-order valence-corrected chi connectivity index (χ2v) is 10.2. The van der Waals surface area contributed by atoms with Gasteiger partial charge in [0.25, 0.3) is 0 Å². The van der Waals surface area contributed by atoms with Crippen LogP contribution in [0, 0.1) is 0 Å². The summed E-state index contributed by atoms with van der Waals surface area (Å²) < 4.78 is 5.55. The highest BCUT2D eigenvalue weighted by Crippen LogP contribution is 2.33. The molecule has 34 heavy (non-hydrogen) atoms. The van der Waals surface area contributed by atoms with Gasteiger partial charge in [-0.3, -0.25) is 10.2 Å². The highest BCUT2D eigenvalue weighted by atomic mass is 32.1. The van der Waals surface area contributed by atoms with E-state index in [2.05, 4.69) is 39.2 Å². The SMILES string of the molecule is CCCc1ccc(OC)c(-c2csc(NC(=O)N3CCN(CCCN4CCCCC4)CC3)n2)c1. The minimum Gasteiger partial charge on any atom is -0.496 e. The average Bonchev–Trinajstić information content (AvgIpc) is 3.33. The lowest BCUT2D eigenvalue weighted by molar-refractivity contribution is 0.139. The highest BCUT2D eigenvalue weighted by Gasteiger charge is 2.22. The van der Waals surface area contributed by atoms with Gasteiger partial charge in [0.05, 0.1) is 12.8 Å². The molecule has 3 heterocycles. The fraction of sp³-hybridized carbons (Fsp3) is 0.615. The maximum Gasteiger partial charge on any atom is 0.323 e. The number of piperidine rings is 1. The van der Waals surface area contributed by atoms with E-state index < -0.39 is 0 Å². The number of likely N-dealkylation sites (tertiary alicyclic amines) is 1. The number of thiazole rings is 1. The summed E-state index contributed by atoms with van der Waals surface area (Å²) in [7, 11) is 1.68. The van der Waals surface area contributed by atoms with Gasteiger partial charge >= 0.3 is 6.03 Å². The van der Waals surface area contributed by atoms with Crippen LogP contribution in [0.15, 0.2) is 23.6 Å². The van der Waals surface area contributed by atoms with Crippen LogP contribution in [0.5, 0.6) is 5.75 Å². The lowest BCUT2D eigenvalue weighted by Gasteiger charge is -2.35. The Morgan fingerprint density at radius 2 is 1.79 bits per heavy atom. The predicted molar refractivity (Wildman–Crippen MR) is 140 cm³/mol.